The van der Waals surface area contributed by atoms with Crippen LogP contribution in [0, 0.1) is 6.92 Å². The average Bonchev–Trinajstić information content (AvgIpc) is 2.65. The maximum atomic E-state index is 4.74. The van der Waals surface area contributed by atoms with E-state index in [-0.39, 0.29) is 0 Å². The van der Waals surface area contributed by atoms with Crippen molar-refractivity contribution in [1.82, 2.24) is 25.3 Å². The molecule has 3 heterocycles. The topological polar surface area (TPSA) is 66.8 Å². The van der Waals surface area contributed by atoms with Gasteiger partial charge in [0.2, 0.25) is 0 Å². The third-order valence-electron chi connectivity index (χ3n) is 4.93. The molecule has 0 radical (unpaired) electrons. The third kappa shape index (κ3) is 4.97. The van der Waals surface area contributed by atoms with Crippen LogP contribution in [0.25, 0.3) is 0 Å². The van der Waals surface area contributed by atoms with Gasteiger partial charge < -0.3 is 10.2 Å². The largest absolute Gasteiger partial charge is 0.356 e. The fraction of sp³-hybridized carbons (Fsp3) is 0.600. The van der Waals surface area contributed by atoms with E-state index in [1.807, 2.05) is 19.3 Å². The summed E-state index contributed by atoms with van der Waals surface area (Å²) in [6.45, 7) is 8.50. The fourth-order valence-electron chi connectivity index (χ4n) is 3.67. The van der Waals surface area contributed by atoms with Gasteiger partial charge in [-0.25, -0.2) is 9.97 Å². The smallest absolute Gasteiger partial charge is 0.135 e. The Morgan fingerprint density at radius 3 is 2.69 bits per heavy atom. The molecule has 1 saturated heterocycles. The highest BCUT2D eigenvalue weighted by molar-refractivity contribution is 5.46. The van der Waals surface area contributed by atoms with Gasteiger partial charge in [-0.2, -0.15) is 0 Å². The first-order chi connectivity index (χ1) is 12.7. The monoisotopic (exact) mass is 354 g/mol. The van der Waals surface area contributed by atoms with Crippen LogP contribution in [0.2, 0.25) is 0 Å². The molecule has 1 fully saturated rings. The van der Waals surface area contributed by atoms with E-state index in [1.54, 1.807) is 12.4 Å². The number of nitrogens with one attached hydrogen (secondary N) is 1. The molecule has 1 atom stereocenters. The summed E-state index contributed by atoms with van der Waals surface area (Å²) in [6.07, 6.45) is 12.7. The summed E-state index contributed by atoms with van der Waals surface area (Å²) < 4.78 is 0. The molecular formula is C20H30N6. The van der Waals surface area contributed by atoms with Crippen LogP contribution < -0.4 is 10.2 Å². The Balaban J connectivity index is 1.53. The summed E-state index contributed by atoms with van der Waals surface area (Å²) in [7, 11) is 0. The van der Waals surface area contributed by atoms with Gasteiger partial charge in [-0.3, -0.25) is 9.97 Å². The van der Waals surface area contributed by atoms with Crippen LogP contribution in [0.15, 0.2) is 24.8 Å². The van der Waals surface area contributed by atoms with E-state index < -0.39 is 0 Å². The van der Waals surface area contributed by atoms with Crippen LogP contribution in [0.4, 0.5) is 5.82 Å². The number of anilines is 1. The maximum absolute atomic E-state index is 4.74. The highest BCUT2D eigenvalue weighted by Gasteiger charge is 2.23. The number of aryl methyl sites for hydroxylation is 2. The molecule has 0 bridgehead atoms. The Morgan fingerprint density at radius 1 is 1.19 bits per heavy atom. The average molecular weight is 355 g/mol. The van der Waals surface area contributed by atoms with Crippen LogP contribution in [0.5, 0.6) is 0 Å². The highest BCUT2D eigenvalue weighted by Crippen LogP contribution is 2.23. The molecule has 1 N–H and O–H groups in total. The summed E-state index contributed by atoms with van der Waals surface area (Å²) >= 11 is 0. The van der Waals surface area contributed by atoms with Gasteiger partial charge in [-0.15, -0.1) is 0 Å². The standard InChI is InChI=1S/C20H30N6/c1-4-5-17-13-23-16(3)25-20(17)26-10-6-18(7-11-26)24-15(2)12-19-14-21-8-9-22-19/h8-9,13-15,18,24H,4-7,10-12H2,1-3H3. The molecule has 0 saturated carbocycles. The Morgan fingerprint density at radius 2 is 2.00 bits per heavy atom. The van der Waals surface area contributed by atoms with E-state index in [0.717, 1.165) is 62.5 Å². The summed E-state index contributed by atoms with van der Waals surface area (Å²) in [5, 5.41) is 3.76. The van der Waals surface area contributed by atoms with Crippen molar-refractivity contribution in [2.24, 2.45) is 0 Å². The Hall–Kier alpha value is -2.08. The molecule has 0 aromatic carbocycles. The van der Waals surface area contributed by atoms with Crippen molar-refractivity contribution in [1.29, 1.82) is 0 Å². The molecule has 0 spiro atoms. The van der Waals surface area contributed by atoms with Gasteiger partial charge in [0.15, 0.2) is 0 Å². The van der Waals surface area contributed by atoms with Gasteiger partial charge in [-0.05, 0) is 33.1 Å². The Bertz CT molecular complexity index is 682. The van der Waals surface area contributed by atoms with Crippen molar-refractivity contribution in [2.75, 3.05) is 18.0 Å². The van der Waals surface area contributed by atoms with Crippen LogP contribution in [0.3, 0.4) is 0 Å². The maximum Gasteiger partial charge on any atom is 0.135 e. The van der Waals surface area contributed by atoms with Crippen molar-refractivity contribution < 1.29 is 0 Å². The van der Waals surface area contributed by atoms with E-state index in [2.05, 4.69) is 39.0 Å². The second-order valence-electron chi connectivity index (χ2n) is 7.25. The van der Waals surface area contributed by atoms with Gasteiger partial charge in [-0.1, -0.05) is 13.3 Å². The second kappa shape index (κ2) is 9.03. The Labute approximate surface area is 156 Å². The minimum atomic E-state index is 0.403. The normalized spacial score (nSPS) is 16.7. The number of aromatic nitrogens is 4. The summed E-state index contributed by atoms with van der Waals surface area (Å²) in [5.41, 5.74) is 2.33. The van der Waals surface area contributed by atoms with E-state index >= 15 is 0 Å². The van der Waals surface area contributed by atoms with E-state index in [1.165, 1.54) is 5.56 Å². The third-order valence-corrected chi connectivity index (χ3v) is 4.93. The van der Waals surface area contributed by atoms with E-state index in [9.17, 15) is 0 Å². The number of hydrogen-bond acceptors (Lipinski definition) is 6. The molecule has 6 heteroatoms. The summed E-state index contributed by atoms with van der Waals surface area (Å²) in [5.74, 6) is 2.00. The second-order valence-corrected chi connectivity index (χ2v) is 7.25. The molecule has 1 unspecified atom stereocenters. The van der Waals surface area contributed by atoms with Crippen LogP contribution in [-0.4, -0.2) is 45.1 Å². The first-order valence-corrected chi connectivity index (χ1v) is 9.74. The molecule has 0 amide bonds. The molecule has 6 nitrogen and oxygen atoms in total. The number of hydrogen-bond donors (Lipinski definition) is 1. The van der Waals surface area contributed by atoms with Crippen molar-refractivity contribution in [2.45, 2.75) is 65.0 Å². The zero-order valence-electron chi connectivity index (χ0n) is 16.1. The quantitative estimate of drug-likeness (QED) is 0.825. The molecule has 2 aromatic heterocycles. The predicted molar refractivity (Wildman–Crippen MR) is 104 cm³/mol. The van der Waals surface area contributed by atoms with E-state index in [0.29, 0.717) is 12.1 Å². The number of piperidine rings is 1. The zero-order valence-corrected chi connectivity index (χ0v) is 16.1. The van der Waals surface area contributed by atoms with Crippen LogP contribution >= 0.6 is 0 Å². The lowest BCUT2D eigenvalue weighted by Gasteiger charge is -2.35. The van der Waals surface area contributed by atoms with Gasteiger partial charge in [0.25, 0.3) is 0 Å². The summed E-state index contributed by atoms with van der Waals surface area (Å²) in [6, 6.07) is 0.954. The van der Waals surface area contributed by atoms with Gasteiger partial charge in [0.05, 0.1) is 5.69 Å². The SMILES string of the molecule is CCCc1cnc(C)nc1N1CCC(NC(C)Cc2cnccn2)CC1. The molecule has 1 aliphatic heterocycles. The lowest BCUT2D eigenvalue weighted by atomic mass is 10.0. The Kier molecular flexibility index (Phi) is 6.50. The van der Waals surface area contributed by atoms with Crippen molar-refractivity contribution in [3.63, 3.8) is 0 Å². The van der Waals surface area contributed by atoms with Gasteiger partial charge in [0.1, 0.15) is 11.6 Å². The van der Waals surface area contributed by atoms with Crippen LogP contribution in [-0.2, 0) is 12.8 Å². The number of rotatable bonds is 7. The van der Waals surface area contributed by atoms with E-state index in [4.69, 9.17) is 4.98 Å². The van der Waals surface area contributed by atoms with Crippen LogP contribution in [0.1, 0.15) is 50.2 Å². The lowest BCUT2D eigenvalue weighted by molar-refractivity contribution is 0.372. The molecule has 26 heavy (non-hydrogen) atoms. The van der Waals surface area contributed by atoms with Crippen molar-refractivity contribution >= 4 is 5.82 Å². The fourth-order valence-corrected chi connectivity index (χ4v) is 3.67. The minimum Gasteiger partial charge on any atom is -0.356 e. The first kappa shape index (κ1) is 18.7. The first-order valence-electron chi connectivity index (χ1n) is 9.74. The summed E-state index contributed by atoms with van der Waals surface area (Å²) in [4.78, 5) is 20.1. The molecule has 140 valence electrons. The molecular weight excluding hydrogens is 324 g/mol. The van der Waals surface area contributed by atoms with Crippen molar-refractivity contribution in [3.8, 4) is 0 Å². The zero-order chi connectivity index (χ0) is 18.4. The molecule has 3 rings (SSSR count). The molecule has 2 aromatic rings. The van der Waals surface area contributed by atoms with Gasteiger partial charge >= 0.3 is 0 Å². The minimum absolute atomic E-state index is 0.403. The van der Waals surface area contributed by atoms with Crippen molar-refractivity contribution in [3.05, 3.63) is 41.9 Å². The van der Waals surface area contributed by atoms with Gasteiger partial charge in [0, 0.05) is 61.9 Å². The lowest BCUT2D eigenvalue weighted by Crippen LogP contribution is -2.46. The number of nitrogens with zero attached hydrogens (tertiary/aromatic N) is 5. The molecule has 0 aliphatic carbocycles. The molecule has 1 aliphatic rings. The predicted octanol–water partition coefficient (Wildman–Crippen LogP) is 2.72. The highest BCUT2D eigenvalue weighted by atomic mass is 15.2.